The second-order valence-corrected chi connectivity index (χ2v) is 6.62. The number of hydrogen-bond donors (Lipinski definition) is 2. The number of rotatable bonds is 4. The van der Waals surface area contributed by atoms with Gasteiger partial charge in [-0.1, -0.05) is 33.6 Å². The van der Waals surface area contributed by atoms with Crippen molar-refractivity contribution in [2.45, 2.75) is 13.8 Å². The summed E-state index contributed by atoms with van der Waals surface area (Å²) in [6.45, 7) is 3.96. The van der Waals surface area contributed by atoms with Gasteiger partial charge in [0.05, 0.1) is 5.56 Å². The minimum Gasteiger partial charge on any atom is -0.324 e. The Balaban J connectivity index is 1.68. The van der Waals surface area contributed by atoms with Crippen LogP contribution in [-0.2, 0) is 0 Å². The molecule has 25 heavy (non-hydrogen) atoms. The van der Waals surface area contributed by atoms with E-state index in [9.17, 15) is 4.79 Å². The highest BCUT2D eigenvalue weighted by Gasteiger charge is 2.09. The standard InChI is InChI=1S/C19H17BrN4O/c1-12-3-6-16(7-4-12)23-19-21-10-14(11-22-19)18(25)24-17-8-5-15(20)9-13(17)2/h3-11H,1-2H3,(H,24,25)(H,21,22,23). The number of anilines is 3. The Morgan fingerprint density at radius 1 is 1.00 bits per heavy atom. The summed E-state index contributed by atoms with van der Waals surface area (Å²) in [6.07, 6.45) is 3.01. The van der Waals surface area contributed by atoms with Gasteiger partial charge in [-0.15, -0.1) is 0 Å². The Hall–Kier alpha value is -2.73. The van der Waals surface area contributed by atoms with E-state index in [0.717, 1.165) is 21.4 Å². The number of benzene rings is 2. The Morgan fingerprint density at radius 3 is 2.32 bits per heavy atom. The van der Waals surface area contributed by atoms with E-state index in [1.807, 2.05) is 56.3 Å². The molecule has 6 heteroatoms. The molecule has 3 aromatic rings. The quantitative estimate of drug-likeness (QED) is 0.661. The minimum absolute atomic E-state index is 0.243. The van der Waals surface area contributed by atoms with Crippen molar-refractivity contribution in [1.29, 1.82) is 0 Å². The molecule has 0 spiro atoms. The zero-order chi connectivity index (χ0) is 17.8. The summed E-state index contributed by atoms with van der Waals surface area (Å²) >= 11 is 3.41. The lowest BCUT2D eigenvalue weighted by Crippen LogP contribution is -2.13. The molecular weight excluding hydrogens is 380 g/mol. The predicted molar refractivity (Wildman–Crippen MR) is 103 cm³/mol. The Bertz CT molecular complexity index is 892. The van der Waals surface area contributed by atoms with Crippen molar-refractivity contribution in [3.05, 3.63) is 76.0 Å². The minimum atomic E-state index is -0.243. The van der Waals surface area contributed by atoms with E-state index in [4.69, 9.17) is 0 Å². The van der Waals surface area contributed by atoms with Gasteiger partial charge < -0.3 is 10.6 Å². The summed E-state index contributed by atoms with van der Waals surface area (Å²) in [7, 11) is 0. The molecule has 1 heterocycles. The monoisotopic (exact) mass is 396 g/mol. The molecule has 0 atom stereocenters. The summed E-state index contributed by atoms with van der Waals surface area (Å²) < 4.78 is 0.970. The van der Waals surface area contributed by atoms with Crippen molar-refractivity contribution in [2.24, 2.45) is 0 Å². The SMILES string of the molecule is Cc1ccc(Nc2ncc(C(=O)Nc3ccc(Br)cc3C)cn2)cc1. The third-order valence-electron chi connectivity index (χ3n) is 3.66. The molecule has 0 saturated carbocycles. The summed E-state index contributed by atoms with van der Waals surface area (Å²) in [4.78, 5) is 20.7. The number of nitrogens with zero attached hydrogens (tertiary/aromatic N) is 2. The summed E-state index contributed by atoms with van der Waals surface area (Å²) in [5, 5.41) is 5.97. The van der Waals surface area contributed by atoms with Crippen LogP contribution in [0.1, 0.15) is 21.5 Å². The van der Waals surface area contributed by atoms with Crippen LogP contribution in [0.4, 0.5) is 17.3 Å². The maximum atomic E-state index is 12.3. The van der Waals surface area contributed by atoms with Crippen molar-refractivity contribution in [3.63, 3.8) is 0 Å². The number of hydrogen-bond acceptors (Lipinski definition) is 4. The topological polar surface area (TPSA) is 66.9 Å². The van der Waals surface area contributed by atoms with E-state index in [2.05, 4.69) is 36.5 Å². The number of aromatic nitrogens is 2. The molecule has 3 rings (SSSR count). The van der Waals surface area contributed by atoms with Gasteiger partial charge in [-0.2, -0.15) is 0 Å². The van der Waals surface area contributed by atoms with Crippen molar-refractivity contribution >= 4 is 39.2 Å². The molecule has 1 aromatic heterocycles. The number of nitrogens with one attached hydrogen (secondary N) is 2. The van der Waals surface area contributed by atoms with Gasteiger partial charge in [0, 0.05) is 28.2 Å². The maximum Gasteiger partial charge on any atom is 0.258 e. The molecule has 0 aliphatic carbocycles. The lowest BCUT2D eigenvalue weighted by Gasteiger charge is -2.09. The summed E-state index contributed by atoms with van der Waals surface area (Å²) in [5.74, 6) is 0.201. The molecule has 0 aliphatic rings. The Morgan fingerprint density at radius 2 is 1.68 bits per heavy atom. The molecule has 1 amide bonds. The zero-order valence-corrected chi connectivity index (χ0v) is 15.5. The number of amides is 1. The van der Waals surface area contributed by atoms with Crippen LogP contribution in [-0.4, -0.2) is 15.9 Å². The molecule has 126 valence electrons. The van der Waals surface area contributed by atoms with Crippen LogP contribution in [0.5, 0.6) is 0 Å². The lowest BCUT2D eigenvalue weighted by atomic mass is 10.2. The number of carbonyl (C=O) groups is 1. The maximum absolute atomic E-state index is 12.3. The average Bonchev–Trinajstić information content (AvgIpc) is 2.60. The van der Waals surface area contributed by atoms with Crippen LogP contribution in [0.3, 0.4) is 0 Å². The van der Waals surface area contributed by atoms with Crippen LogP contribution >= 0.6 is 15.9 Å². The molecule has 0 fully saturated rings. The Labute approximate surface area is 154 Å². The van der Waals surface area contributed by atoms with E-state index >= 15 is 0 Å². The van der Waals surface area contributed by atoms with Gasteiger partial charge in [0.25, 0.3) is 5.91 Å². The van der Waals surface area contributed by atoms with Gasteiger partial charge in [0.15, 0.2) is 0 Å². The van der Waals surface area contributed by atoms with Gasteiger partial charge in [-0.05, 0) is 49.7 Å². The van der Waals surface area contributed by atoms with Crippen molar-refractivity contribution < 1.29 is 4.79 Å². The van der Waals surface area contributed by atoms with Crippen LogP contribution in [0.15, 0.2) is 59.3 Å². The molecule has 0 unspecified atom stereocenters. The Kier molecular flexibility index (Phi) is 5.09. The summed E-state index contributed by atoms with van der Waals surface area (Å²) in [5.41, 5.74) is 4.21. The molecule has 0 aliphatic heterocycles. The first-order valence-electron chi connectivity index (χ1n) is 7.74. The number of carbonyl (C=O) groups excluding carboxylic acids is 1. The highest BCUT2D eigenvalue weighted by Crippen LogP contribution is 2.20. The van der Waals surface area contributed by atoms with E-state index < -0.39 is 0 Å². The van der Waals surface area contributed by atoms with Crippen LogP contribution in [0.25, 0.3) is 0 Å². The average molecular weight is 397 g/mol. The number of aryl methyl sites for hydroxylation is 2. The van der Waals surface area contributed by atoms with Crippen molar-refractivity contribution in [2.75, 3.05) is 10.6 Å². The van der Waals surface area contributed by atoms with Gasteiger partial charge in [-0.25, -0.2) is 9.97 Å². The van der Waals surface area contributed by atoms with Gasteiger partial charge in [0.1, 0.15) is 0 Å². The molecule has 0 radical (unpaired) electrons. The first-order valence-corrected chi connectivity index (χ1v) is 8.54. The third kappa shape index (κ3) is 4.42. The first kappa shape index (κ1) is 17.1. The molecule has 5 nitrogen and oxygen atoms in total. The first-order chi connectivity index (χ1) is 12.0. The van der Waals surface area contributed by atoms with E-state index in [1.54, 1.807) is 0 Å². The normalized spacial score (nSPS) is 10.4. The van der Waals surface area contributed by atoms with Crippen LogP contribution < -0.4 is 10.6 Å². The van der Waals surface area contributed by atoms with Crippen LogP contribution in [0, 0.1) is 13.8 Å². The summed E-state index contributed by atoms with van der Waals surface area (Å²) in [6, 6.07) is 13.6. The smallest absolute Gasteiger partial charge is 0.258 e. The second kappa shape index (κ2) is 7.44. The highest BCUT2D eigenvalue weighted by molar-refractivity contribution is 9.10. The van der Waals surface area contributed by atoms with E-state index in [-0.39, 0.29) is 5.91 Å². The molecule has 2 N–H and O–H groups in total. The van der Waals surface area contributed by atoms with Gasteiger partial charge in [-0.3, -0.25) is 4.79 Å². The second-order valence-electron chi connectivity index (χ2n) is 5.70. The van der Waals surface area contributed by atoms with Gasteiger partial charge >= 0.3 is 0 Å². The fraction of sp³-hybridized carbons (Fsp3) is 0.105. The third-order valence-corrected chi connectivity index (χ3v) is 4.15. The predicted octanol–water partition coefficient (Wildman–Crippen LogP) is 4.85. The van der Waals surface area contributed by atoms with Crippen molar-refractivity contribution in [1.82, 2.24) is 9.97 Å². The van der Waals surface area contributed by atoms with Crippen LogP contribution in [0.2, 0.25) is 0 Å². The lowest BCUT2D eigenvalue weighted by molar-refractivity contribution is 0.102. The van der Waals surface area contributed by atoms with E-state index in [0.29, 0.717) is 11.5 Å². The zero-order valence-electron chi connectivity index (χ0n) is 13.9. The molecular formula is C19H17BrN4O. The largest absolute Gasteiger partial charge is 0.324 e. The molecule has 2 aromatic carbocycles. The highest BCUT2D eigenvalue weighted by atomic mass is 79.9. The van der Waals surface area contributed by atoms with Crippen molar-refractivity contribution in [3.8, 4) is 0 Å². The van der Waals surface area contributed by atoms with Gasteiger partial charge in [0.2, 0.25) is 5.95 Å². The number of halogens is 1. The van der Waals surface area contributed by atoms with E-state index in [1.165, 1.54) is 18.0 Å². The molecule has 0 bridgehead atoms. The molecule has 0 saturated heterocycles. The fourth-order valence-corrected chi connectivity index (χ4v) is 2.71. The fourth-order valence-electron chi connectivity index (χ4n) is 2.24.